The molecule has 1 fully saturated rings. The summed E-state index contributed by atoms with van der Waals surface area (Å²) in [6, 6.07) is 9.28. The molecule has 0 aliphatic heterocycles. The molecule has 1 saturated carbocycles. The van der Waals surface area contributed by atoms with E-state index in [1.54, 1.807) is 0 Å². The molecule has 0 amide bonds. The van der Waals surface area contributed by atoms with Crippen LogP contribution in [0.25, 0.3) is 0 Å². The third-order valence-corrected chi connectivity index (χ3v) is 4.61. The zero-order chi connectivity index (χ0) is 13.7. The molecule has 1 atom stereocenters. The van der Waals surface area contributed by atoms with Crippen LogP contribution in [0.4, 0.5) is 0 Å². The largest absolute Gasteiger partial charge is 0.307 e. The summed E-state index contributed by atoms with van der Waals surface area (Å²) < 4.78 is 0. The second kappa shape index (κ2) is 7.31. The lowest BCUT2D eigenvalue weighted by atomic mass is 9.83. The van der Waals surface area contributed by atoms with Crippen LogP contribution in [-0.2, 0) is 0 Å². The molecule has 0 unspecified atom stereocenters. The van der Waals surface area contributed by atoms with Crippen molar-refractivity contribution in [3.63, 3.8) is 0 Å². The van der Waals surface area contributed by atoms with Crippen LogP contribution in [0.5, 0.6) is 0 Å². The maximum absolute atomic E-state index is 6.06. The van der Waals surface area contributed by atoms with Crippen LogP contribution in [0.3, 0.4) is 0 Å². The van der Waals surface area contributed by atoms with E-state index < -0.39 is 0 Å². The molecular weight excluding hydrogens is 254 g/mol. The van der Waals surface area contributed by atoms with E-state index >= 15 is 0 Å². The monoisotopic (exact) mass is 279 g/mol. The quantitative estimate of drug-likeness (QED) is 0.766. The van der Waals surface area contributed by atoms with E-state index in [2.05, 4.69) is 31.3 Å². The summed E-state index contributed by atoms with van der Waals surface area (Å²) in [6.45, 7) is 4.54. The normalized spacial score (nSPS) is 25.2. The van der Waals surface area contributed by atoms with Crippen molar-refractivity contribution in [2.24, 2.45) is 5.92 Å². The highest BCUT2D eigenvalue weighted by atomic mass is 35.5. The summed E-state index contributed by atoms with van der Waals surface area (Å²) in [5.74, 6) is 0.976. The van der Waals surface area contributed by atoms with E-state index in [0.29, 0.717) is 12.1 Å². The summed E-state index contributed by atoms with van der Waals surface area (Å²) in [5.41, 5.74) is 1.29. The Morgan fingerprint density at radius 2 is 2.00 bits per heavy atom. The number of benzene rings is 1. The smallest absolute Gasteiger partial charge is 0.0409 e. The van der Waals surface area contributed by atoms with Crippen molar-refractivity contribution in [3.05, 3.63) is 34.9 Å². The van der Waals surface area contributed by atoms with Crippen molar-refractivity contribution in [2.75, 3.05) is 0 Å². The van der Waals surface area contributed by atoms with E-state index in [1.165, 1.54) is 44.1 Å². The van der Waals surface area contributed by atoms with Gasteiger partial charge in [-0.2, -0.15) is 0 Å². The Hall–Kier alpha value is -0.530. The molecule has 0 heterocycles. The SMILES string of the molecule is CCCC1CCC(N[C@H](C)c2cccc(Cl)c2)CC1. The van der Waals surface area contributed by atoms with Gasteiger partial charge in [-0.15, -0.1) is 0 Å². The van der Waals surface area contributed by atoms with Crippen LogP contribution in [0.2, 0.25) is 5.02 Å². The minimum atomic E-state index is 0.395. The zero-order valence-electron chi connectivity index (χ0n) is 12.2. The molecule has 0 spiro atoms. The third kappa shape index (κ3) is 4.50. The lowest BCUT2D eigenvalue weighted by Crippen LogP contribution is -2.35. The van der Waals surface area contributed by atoms with Gasteiger partial charge in [-0.3, -0.25) is 0 Å². The van der Waals surface area contributed by atoms with Gasteiger partial charge >= 0.3 is 0 Å². The molecule has 1 N–H and O–H groups in total. The van der Waals surface area contributed by atoms with E-state index in [1.807, 2.05) is 12.1 Å². The number of hydrogen-bond donors (Lipinski definition) is 1. The molecule has 19 heavy (non-hydrogen) atoms. The number of rotatable bonds is 5. The topological polar surface area (TPSA) is 12.0 Å². The van der Waals surface area contributed by atoms with Gasteiger partial charge in [0.1, 0.15) is 0 Å². The second-order valence-corrected chi connectivity index (χ2v) is 6.39. The first-order valence-electron chi connectivity index (χ1n) is 7.70. The van der Waals surface area contributed by atoms with Crippen LogP contribution < -0.4 is 5.32 Å². The predicted octanol–water partition coefficient (Wildman–Crippen LogP) is 5.35. The molecule has 2 heteroatoms. The van der Waals surface area contributed by atoms with E-state index in [4.69, 9.17) is 11.6 Å². The number of halogens is 1. The van der Waals surface area contributed by atoms with Crippen molar-refractivity contribution in [1.82, 2.24) is 5.32 Å². The summed E-state index contributed by atoms with van der Waals surface area (Å²) in [7, 11) is 0. The van der Waals surface area contributed by atoms with Gasteiger partial charge in [-0.05, 0) is 56.2 Å². The van der Waals surface area contributed by atoms with E-state index in [-0.39, 0.29) is 0 Å². The maximum Gasteiger partial charge on any atom is 0.0409 e. The minimum absolute atomic E-state index is 0.395. The molecular formula is C17H26ClN. The van der Waals surface area contributed by atoms with Gasteiger partial charge in [-0.1, -0.05) is 43.5 Å². The van der Waals surface area contributed by atoms with Gasteiger partial charge in [0.05, 0.1) is 0 Å². The van der Waals surface area contributed by atoms with Gasteiger partial charge in [0.2, 0.25) is 0 Å². The first kappa shape index (κ1) is 14.9. The average Bonchev–Trinajstić information content (AvgIpc) is 2.41. The fraction of sp³-hybridized carbons (Fsp3) is 0.647. The molecule has 0 saturated heterocycles. The van der Waals surface area contributed by atoms with Gasteiger partial charge in [-0.25, -0.2) is 0 Å². The van der Waals surface area contributed by atoms with Gasteiger partial charge in [0.15, 0.2) is 0 Å². The standard InChI is InChI=1S/C17H26ClN/c1-3-5-14-8-10-17(11-9-14)19-13(2)15-6-4-7-16(18)12-15/h4,6-7,12-14,17,19H,3,5,8-11H2,1-2H3/t13-,14?,17?/m1/s1. The van der Waals surface area contributed by atoms with Crippen molar-refractivity contribution >= 4 is 11.6 Å². The van der Waals surface area contributed by atoms with Crippen molar-refractivity contribution in [1.29, 1.82) is 0 Å². The Bertz CT molecular complexity index is 383. The van der Waals surface area contributed by atoms with Gasteiger partial charge in [0.25, 0.3) is 0 Å². The summed E-state index contributed by atoms with van der Waals surface area (Å²) in [4.78, 5) is 0. The maximum atomic E-state index is 6.06. The van der Waals surface area contributed by atoms with E-state index in [9.17, 15) is 0 Å². The molecule has 1 nitrogen and oxygen atoms in total. The van der Waals surface area contributed by atoms with Crippen LogP contribution in [0.15, 0.2) is 24.3 Å². The highest BCUT2D eigenvalue weighted by molar-refractivity contribution is 6.30. The lowest BCUT2D eigenvalue weighted by Gasteiger charge is -2.31. The predicted molar refractivity (Wildman–Crippen MR) is 83.7 cm³/mol. The first-order chi connectivity index (χ1) is 9.19. The second-order valence-electron chi connectivity index (χ2n) is 5.95. The molecule has 0 aromatic heterocycles. The van der Waals surface area contributed by atoms with Crippen molar-refractivity contribution in [2.45, 2.75) is 64.5 Å². The van der Waals surface area contributed by atoms with Crippen molar-refractivity contribution in [3.8, 4) is 0 Å². The molecule has 1 aliphatic rings. The number of hydrogen-bond acceptors (Lipinski definition) is 1. The molecule has 1 aliphatic carbocycles. The molecule has 2 rings (SSSR count). The Morgan fingerprint density at radius 1 is 1.26 bits per heavy atom. The summed E-state index contributed by atoms with van der Waals surface area (Å²) >= 11 is 6.06. The Balaban J connectivity index is 1.82. The summed E-state index contributed by atoms with van der Waals surface area (Å²) in [6.07, 6.45) is 8.20. The Morgan fingerprint density at radius 3 is 2.63 bits per heavy atom. The zero-order valence-corrected chi connectivity index (χ0v) is 12.9. The van der Waals surface area contributed by atoms with Crippen LogP contribution >= 0.6 is 11.6 Å². The highest BCUT2D eigenvalue weighted by Gasteiger charge is 2.21. The highest BCUT2D eigenvalue weighted by Crippen LogP contribution is 2.29. The van der Waals surface area contributed by atoms with Crippen molar-refractivity contribution < 1.29 is 0 Å². The molecule has 0 bridgehead atoms. The molecule has 1 aromatic carbocycles. The summed E-state index contributed by atoms with van der Waals surface area (Å²) in [5, 5.41) is 4.60. The Labute approximate surface area is 122 Å². The number of nitrogens with one attached hydrogen (secondary N) is 1. The Kier molecular flexibility index (Phi) is 5.72. The average molecular weight is 280 g/mol. The molecule has 1 aromatic rings. The molecule has 0 radical (unpaired) electrons. The first-order valence-corrected chi connectivity index (χ1v) is 8.08. The van der Waals surface area contributed by atoms with Gasteiger partial charge in [0, 0.05) is 17.1 Å². The fourth-order valence-electron chi connectivity index (χ4n) is 3.25. The lowest BCUT2D eigenvalue weighted by molar-refractivity contribution is 0.266. The van der Waals surface area contributed by atoms with E-state index in [0.717, 1.165) is 10.9 Å². The van der Waals surface area contributed by atoms with Crippen LogP contribution in [-0.4, -0.2) is 6.04 Å². The van der Waals surface area contributed by atoms with Crippen LogP contribution in [0.1, 0.15) is 64.0 Å². The van der Waals surface area contributed by atoms with Gasteiger partial charge < -0.3 is 5.32 Å². The minimum Gasteiger partial charge on any atom is -0.307 e. The van der Waals surface area contributed by atoms with Crippen LogP contribution in [0, 0.1) is 5.92 Å². The fourth-order valence-corrected chi connectivity index (χ4v) is 3.45. The third-order valence-electron chi connectivity index (χ3n) is 4.38. The molecule has 106 valence electrons.